The second kappa shape index (κ2) is 6.85. The molecular formula is C15H22FNO3S. The van der Waals surface area contributed by atoms with Gasteiger partial charge in [-0.3, -0.25) is 0 Å². The quantitative estimate of drug-likeness (QED) is 0.845. The molecule has 1 saturated carbocycles. The Labute approximate surface area is 125 Å². The lowest BCUT2D eigenvalue weighted by Crippen LogP contribution is -2.38. The molecule has 0 unspecified atom stereocenters. The summed E-state index contributed by atoms with van der Waals surface area (Å²) in [4.78, 5) is 0. The fraction of sp³-hybridized carbons (Fsp3) is 0.600. The van der Waals surface area contributed by atoms with Crippen LogP contribution in [-0.4, -0.2) is 26.2 Å². The third-order valence-electron chi connectivity index (χ3n) is 4.04. The van der Waals surface area contributed by atoms with Crippen molar-refractivity contribution in [1.82, 2.24) is 4.72 Å². The molecule has 2 N–H and O–H groups in total. The lowest BCUT2D eigenvalue weighted by molar-refractivity contribution is 0.248. The molecule has 1 aromatic carbocycles. The van der Waals surface area contributed by atoms with E-state index in [-0.39, 0.29) is 29.9 Å². The largest absolute Gasteiger partial charge is 0.396 e. The number of hydrogen-bond acceptors (Lipinski definition) is 3. The molecule has 2 atom stereocenters. The molecule has 1 fully saturated rings. The Bertz CT molecular complexity index is 589. The molecule has 0 heterocycles. The van der Waals surface area contributed by atoms with Crippen molar-refractivity contribution < 1.29 is 17.9 Å². The van der Waals surface area contributed by atoms with Crippen LogP contribution in [-0.2, 0) is 15.8 Å². The van der Waals surface area contributed by atoms with Crippen LogP contribution in [0.1, 0.15) is 36.8 Å². The average Bonchev–Trinajstić information content (AvgIpc) is 2.80. The second-order valence-electron chi connectivity index (χ2n) is 5.78. The van der Waals surface area contributed by atoms with Crippen LogP contribution in [0.4, 0.5) is 4.39 Å². The van der Waals surface area contributed by atoms with Gasteiger partial charge in [-0.25, -0.2) is 17.5 Å². The summed E-state index contributed by atoms with van der Waals surface area (Å²) in [5.74, 6) is -0.659. The molecule has 1 aromatic rings. The molecule has 0 aliphatic heterocycles. The fourth-order valence-electron chi connectivity index (χ4n) is 2.95. The van der Waals surface area contributed by atoms with E-state index in [1.807, 2.05) is 0 Å². The normalized spacial score (nSPS) is 22.6. The van der Waals surface area contributed by atoms with Gasteiger partial charge >= 0.3 is 0 Å². The Morgan fingerprint density at radius 1 is 1.38 bits per heavy atom. The fourth-order valence-corrected chi connectivity index (χ4v) is 4.45. The van der Waals surface area contributed by atoms with Gasteiger partial charge in [0, 0.05) is 18.2 Å². The molecule has 1 aliphatic carbocycles. The van der Waals surface area contributed by atoms with Crippen molar-refractivity contribution in [3.63, 3.8) is 0 Å². The SMILES string of the molecule is Cc1ccc(CS(=O)(=O)N[C@H]2CCC[C@H]2CCO)c(F)c1. The number of hydrogen-bond donors (Lipinski definition) is 2. The van der Waals surface area contributed by atoms with E-state index in [1.165, 1.54) is 12.1 Å². The van der Waals surface area contributed by atoms with E-state index in [2.05, 4.69) is 4.72 Å². The summed E-state index contributed by atoms with van der Waals surface area (Å²) >= 11 is 0. The number of sulfonamides is 1. The summed E-state index contributed by atoms with van der Waals surface area (Å²) in [6.07, 6.45) is 3.26. The topological polar surface area (TPSA) is 66.4 Å². The summed E-state index contributed by atoms with van der Waals surface area (Å²) in [7, 11) is -3.58. The zero-order valence-electron chi connectivity index (χ0n) is 12.2. The number of halogens is 1. The zero-order valence-corrected chi connectivity index (χ0v) is 13.0. The number of benzene rings is 1. The van der Waals surface area contributed by atoms with E-state index in [9.17, 15) is 12.8 Å². The molecule has 0 saturated heterocycles. The van der Waals surface area contributed by atoms with Crippen LogP contribution in [0.15, 0.2) is 18.2 Å². The molecule has 0 amide bonds. The summed E-state index contributed by atoms with van der Waals surface area (Å²) in [6.45, 7) is 1.83. The standard InChI is InChI=1S/C15H22FNO3S/c1-11-5-6-13(14(16)9-11)10-21(19,20)17-15-4-2-3-12(15)7-8-18/h5-6,9,12,15,17-18H,2-4,7-8,10H2,1H3/t12-,15-/m0/s1. The predicted octanol–water partition coefficient (Wildman–Crippen LogP) is 2.10. The van der Waals surface area contributed by atoms with Gasteiger partial charge in [-0.15, -0.1) is 0 Å². The van der Waals surface area contributed by atoms with Crippen LogP contribution >= 0.6 is 0 Å². The molecule has 6 heteroatoms. The van der Waals surface area contributed by atoms with Crippen molar-refractivity contribution in [3.8, 4) is 0 Å². The van der Waals surface area contributed by atoms with Gasteiger partial charge in [0.2, 0.25) is 10.0 Å². The van der Waals surface area contributed by atoms with Crippen LogP contribution in [0.2, 0.25) is 0 Å². The van der Waals surface area contributed by atoms with Crippen molar-refractivity contribution in [2.75, 3.05) is 6.61 Å². The van der Waals surface area contributed by atoms with E-state index in [0.717, 1.165) is 24.8 Å². The minimum atomic E-state index is -3.58. The van der Waals surface area contributed by atoms with E-state index < -0.39 is 15.8 Å². The lowest BCUT2D eigenvalue weighted by atomic mass is 10.0. The number of nitrogens with one attached hydrogen (secondary N) is 1. The lowest BCUT2D eigenvalue weighted by Gasteiger charge is -2.20. The van der Waals surface area contributed by atoms with Crippen LogP contribution in [0, 0.1) is 18.7 Å². The highest BCUT2D eigenvalue weighted by molar-refractivity contribution is 7.88. The van der Waals surface area contributed by atoms with Crippen LogP contribution in [0.25, 0.3) is 0 Å². The summed E-state index contributed by atoms with van der Waals surface area (Å²) in [6, 6.07) is 4.42. The Morgan fingerprint density at radius 2 is 2.14 bits per heavy atom. The number of aliphatic hydroxyl groups is 1. The highest BCUT2D eigenvalue weighted by Gasteiger charge is 2.30. The number of rotatable bonds is 6. The minimum Gasteiger partial charge on any atom is -0.396 e. The first-order valence-electron chi connectivity index (χ1n) is 7.27. The van der Waals surface area contributed by atoms with Gasteiger partial charge in [0.05, 0.1) is 5.75 Å². The van der Waals surface area contributed by atoms with Crippen LogP contribution in [0.3, 0.4) is 0 Å². The van der Waals surface area contributed by atoms with E-state index >= 15 is 0 Å². The summed E-state index contributed by atoms with van der Waals surface area (Å²) in [5.41, 5.74) is 0.949. The van der Waals surface area contributed by atoms with E-state index in [4.69, 9.17) is 5.11 Å². The molecule has 4 nitrogen and oxygen atoms in total. The van der Waals surface area contributed by atoms with Crippen molar-refractivity contribution in [2.24, 2.45) is 5.92 Å². The maximum atomic E-state index is 13.8. The summed E-state index contributed by atoms with van der Waals surface area (Å²) < 4.78 is 40.8. The maximum absolute atomic E-state index is 13.8. The van der Waals surface area contributed by atoms with Gasteiger partial charge in [-0.2, -0.15) is 0 Å². The Kier molecular flexibility index (Phi) is 5.35. The van der Waals surface area contributed by atoms with E-state index in [0.29, 0.717) is 6.42 Å². The third-order valence-corrected chi connectivity index (χ3v) is 5.40. The van der Waals surface area contributed by atoms with Gasteiger partial charge < -0.3 is 5.11 Å². The molecule has 0 spiro atoms. The predicted molar refractivity (Wildman–Crippen MR) is 79.7 cm³/mol. The minimum absolute atomic E-state index is 0.0650. The molecule has 118 valence electrons. The molecule has 0 aromatic heterocycles. The Morgan fingerprint density at radius 3 is 2.81 bits per heavy atom. The van der Waals surface area contributed by atoms with Crippen LogP contribution in [0.5, 0.6) is 0 Å². The first-order chi connectivity index (χ1) is 9.91. The first-order valence-corrected chi connectivity index (χ1v) is 8.92. The number of aryl methyl sites for hydroxylation is 1. The Hall–Kier alpha value is -0.980. The third kappa shape index (κ3) is 4.49. The molecule has 2 rings (SSSR count). The Balaban J connectivity index is 2.04. The van der Waals surface area contributed by atoms with Crippen molar-refractivity contribution in [1.29, 1.82) is 0 Å². The van der Waals surface area contributed by atoms with Gasteiger partial charge in [-0.05, 0) is 43.7 Å². The molecular weight excluding hydrogens is 293 g/mol. The second-order valence-corrected chi connectivity index (χ2v) is 7.54. The van der Waals surface area contributed by atoms with E-state index in [1.54, 1.807) is 13.0 Å². The van der Waals surface area contributed by atoms with Gasteiger partial charge in [-0.1, -0.05) is 18.6 Å². The molecule has 0 radical (unpaired) electrons. The van der Waals surface area contributed by atoms with Crippen molar-refractivity contribution in [3.05, 3.63) is 35.1 Å². The monoisotopic (exact) mass is 315 g/mol. The van der Waals surface area contributed by atoms with Gasteiger partial charge in [0.1, 0.15) is 5.82 Å². The maximum Gasteiger partial charge on any atom is 0.216 e. The molecule has 21 heavy (non-hydrogen) atoms. The van der Waals surface area contributed by atoms with Crippen molar-refractivity contribution >= 4 is 10.0 Å². The highest BCUT2D eigenvalue weighted by atomic mass is 32.2. The number of aliphatic hydroxyl groups excluding tert-OH is 1. The summed E-state index contributed by atoms with van der Waals surface area (Å²) in [5, 5.41) is 9.01. The van der Waals surface area contributed by atoms with Crippen LogP contribution < -0.4 is 4.72 Å². The zero-order chi connectivity index (χ0) is 15.5. The first kappa shape index (κ1) is 16.4. The smallest absolute Gasteiger partial charge is 0.216 e. The average molecular weight is 315 g/mol. The van der Waals surface area contributed by atoms with Gasteiger partial charge in [0.25, 0.3) is 0 Å². The molecule has 1 aliphatic rings. The van der Waals surface area contributed by atoms with Gasteiger partial charge in [0.15, 0.2) is 0 Å². The van der Waals surface area contributed by atoms with Crippen molar-refractivity contribution in [2.45, 2.75) is 44.4 Å². The molecule has 0 bridgehead atoms. The highest BCUT2D eigenvalue weighted by Crippen LogP contribution is 2.29.